The lowest BCUT2D eigenvalue weighted by Gasteiger charge is -2.22. The molecule has 0 fully saturated rings. The summed E-state index contributed by atoms with van der Waals surface area (Å²) in [5.74, 6) is 2.13. The Morgan fingerprint density at radius 2 is 0.565 bits per heavy atom. The van der Waals surface area contributed by atoms with Crippen molar-refractivity contribution in [1.82, 2.24) is 0 Å². The van der Waals surface area contributed by atoms with Crippen LogP contribution in [0.25, 0.3) is 0 Å². The van der Waals surface area contributed by atoms with Crippen molar-refractivity contribution < 1.29 is 28.4 Å². The molecule has 1 aromatic rings. The van der Waals surface area contributed by atoms with Gasteiger partial charge in [-0.1, -0.05) is 116 Å². The standard InChI is InChI=1S/C63H100O6/c1-48(2)26-17-27-49(3)28-18-29-50(4)30-19-31-51(5)32-20-33-52(6)34-21-35-53(7)36-22-37-54(8)38-23-39-55(9)40-24-41-56(10)42-25-43-57(11)44-45-59-58(12)60(68-46-64-13)62(66-15)63(67-16)61(59)69-47-65-14/h26,28,30,32,34,36,38,40,42,44H,17-25,27,29,31,33,35,37,39,41,43,45-47H2,1-16H3/b49-28+,50-30+,51-32+,52-34+,53-36+,54-38+,55-40+,56-42+,57-44+. The van der Waals surface area contributed by atoms with Gasteiger partial charge in [0.25, 0.3) is 0 Å². The molecule has 0 unspecified atom stereocenters. The highest BCUT2D eigenvalue weighted by Gasteiger charge is 2.26. The highest BCUT2D eigenvalue weighted by Crippen LogP contribution is 2.50. The fourth-order valence-electron chi connectivity index (χ4n) is 8.15. The quantitative estimate of drug-likeness (QED) is 0.0489. The lowest BCUT2D eigenvalue weighted by molar-refractivity contribution is 0.0439. The van der Waals surface area contributed by atoms with Gasteiger partial charge in [-0.3, -0.25) is 0 Å². The van der Waals surface area contributed by atoms with E-state index in [1.54, 1.807) is 28.4 Å². The van der Waals surface area contributed by atoms with E-state index in [-0.39, 0.29) is 13.6 Å². The Kier molecular flexibility index (Phi) is 35.0. The fourth-order valence-corrected chi connectivity index (χ4v) is 8.15. The molecule has 0 aliphatic rings. The monoisotopic (exact) mass is 953 g/mol. The first-order valence-electron chi connectivity index (χ1n) is 26.1. The Morgan fingerprint density at radius 3 is 0.826 bits per heavy atom. The molecule has 0 aliphatic carbocycles. The Morgan fingerprint density at radius 1 is 0.319 bits per heavy atom. The number of hydrogen-bond acceptors (Lipinski definition) is 6. The third kappa shape index (κ3) is 29.5. The predicted octanol–water partition coefficient (Wildman–Crippen LogP) is 19.0. The molecule has 0 aliphatic heterocycles. The summed E-state index contributed by atoms with van der Waals surface area (Å²) in [4.78, 5) is 0. The molecule has 0 N–H and O–H groups in total. The summed E-state index contributed by atoms with van der Waals surface area (Å²) < 4.78 is 33.8. The van der Waals surface area contributed by atoms with Crippen LogP contribution in [-0.2, 0) is 15.9 Å². The lowest BCUT2D eigenvalue weighted by Crippen LogP contribution is -2.10. The van der Waals surface area contributed by atoms with Crippen molar-refractivity contribution in [3.05, 3.63) is 128 Å². The molecular formula is C63H100O6. The molecule has 0 atom stereocenters. The van der Waals surface area contributed by atoms with Crippen LogP contribution in [0, 0.1) is 6.92 Å². The topological polar surface area (TPSA) is 55.4 Å². The summed E-state index contributed by atoms with van der Waals surface area (Å²) >= 11 is 0. The molecule has 69 heavy (non-hydrogen) atoms. The second-order valence-corrected chi connectivity index (χ2v) is 19.7. The molecule has 1 aromatic carbocycles. The van der Waals surface area contributed by atoms with Crippen molar-refractivity contribution in [3.63, 3.8) is 0 Å². The van der Waals surface area contributed by atoms with Crippen LogP contribution in [0.4, 0.5) is 0 Å². The van der Waals surface area contributed by atoms with Gasteiger partial charge in [-0.2, -0.15) is 0 Å². The predicted molar refractivity (Wildman–Crippen MR) is 299 cm³/mol. The normalized spacial score (nSPS) is 13.9. The smallest absolute Gasteiger partial charge is 0.207 e. The van der Waals surface area contributed by atoms with Crippen LogP contribution in [0.1, 0.15) is 203 Å². The lowest BCUT2D eigenvalue weighted by atomic mass is 9.99. The van der Waals surface area contributed by atoms with Crippen molar-refractivity contribution in [1.29, 1.82) is 0 Å². The van der Waals surface area contributed by atoms with Crippen LogP contribution in [0.2, 0.25) is 0 Å². The Hall–Kier alpha value is -4.26. The van der Waals surface area contributed by atoms with E-state index in [9.17, 15) is 0 Å². The maximum absolute atomic E-state index is 6.02. The maximum atomic E-state index is 6.02. The van der Waals surface area contributed by atoms with Crippen LogP contribution < -0.4 is 18.9 Å². The van der Waals surface area contributed by atoms with E-state index >= 15 is 0 Å². The number of hydrogen-bond donors (Lipinski definition) is 0. The first-order chi connectivity index (χ1) is 33.1. The summed E-state index contributed by atoms with van der Waals surface area (Å²) in [7, 11) is 6.39. The molecule has 0 amide bonds. The van der Waals surface area contributed by atoms with Gasteiger partial charge in [0.05, 0.1) is 14.2 Å². The molecule has 6 heteroatoms. The van der Waals surface area contributed by atoms with Crippen LogP contribution >= 0.6 is 0 Å². The van der Waals surface area contributed by atoms with Crippen molar-refractivity contribution in [2.24, 2.45) is 0 Å². The fraction of sp³-hybridized carbons (Fsp3) is 0.587. The molecule has 0 heterocycles. The zero-order chi connectivity index (χ0) is 51.4. The van der Waals surface area contributed by atoms with Crippen molar-refractivity contribution in [2.45, 2.75) is 205 Å². The van der Waals surface area contributed by atoms with Gasteiger partial charge in [0.2, 0.25) is 11.5 Å². The van der Waals surface area contributed by atoms with Crippen LogP contribution in [0.5, 0.6) is 23.0 Å². The molecule has 1 rings (SSSR count). The third-order valence-electron chi connectivity index (χ3n) is 12.7. The van der Waals surface area contributed by atoms with Crippen LogP contribution in [-0.4, -0.2) is 42.0 Å². The second-order valence-electron chi connectivity index (χ2n) is 19.7. The molecule has 0 saturated carbocycles. The number of methoxy groups -OCH3 is 4. The average molecular weight is 953 g/mol. The molecule has 0 saturated heterocycles. The molecular weight excluding hydrogens is 853 g/mol. The van der Waals surface area contributed by atoms with Gasteiger partial charge in [0.1, 0.15) is 0 Å². The summed E-state index contributed by atoms with van der Waals surface area (Å²) in [5, 5.41) is 0. The molecule has 388 valence electrons. The number of rotatable bonds is 37. The van der Waals surface area contributed by atoms with Crippen LogP contribution in [0.3, 0.4) is 0 Å². The highest BCUT2D eigenvalue weighted by molar-refractivity contribution is 5.67. The summed E-state index contributed by atoms with van der Waals surface area (Å²) in [6, 6.07) is 0. The second kappa shape index (κ2) is 38.5. The van der Waals surface area contributed by atoms with E-state index < -0.39 is 0 Å². The molecule has 0 radical (unpaired) electrons. The molecule has 0 aromatic heterocycles. The van der Waals surface area contributed by atoms with Gasteiger partial charge < -0.3 is 28.4 Å². The highest BCUT2D eigenvalue weighted by atomic mass is 16.7. The molecule has 6 nitrogen and oxygen atoms in total. The van der Waals surface area contributed by atoms with Gasteiger partial charge in [-0.25, -0.2) is 0 Å². The van der Waals surface area contributed by atoms with Gasteiger partial charge >= 0.3 is 0 Å². The summed E-state index contributed by atoms with van der Waals surface area (Å²) in [5.41, 5.74) is 16.6. The van der Waals surface area contributed by atoms with Crippen molar-refractivity contribution in [2.75, 3.05) is 42.0 Å². The zero-order valence-corrected chi connectivity index (χ0v) is 47.1. The van der Waals surface area contributed by atoms with E-state index in [4.69, 9.17) is 28.4 Å². The number of ether oxygens (including phenoxy) is 6. The molecule has 0 spiro atoms. The van der Waals surface area contributed by atoms with Crippen LogP contribution in [0.15, 0.2) is 116 Å². The van der Waals surface area contributed by atoms with E-state index in [1.807, 2.05) is 6.92 Å². The summed E-state index contributed by atoms with van der Waals surface area (Å²) in [6.45, 7) is 27.1. The van der Waals surface area contributed by atoms with E-state index in [2.05, 4.69) is 137 Å². The Bertz CT molecular complexity index is 1950. The SMILES string of the molecule is COCOc1c(C)c(C/C=C(\C)CC/C=C(\C)CC/C=C(\C)CC/C=C(\C)CC/C=C(\C)CC/C=C(\C)CC/C=C(\C)CC/C=C(\C)CC/C=C(\C)CCC=C(C)C)c(OCOC)c(OC)c1OC. The van der Waals surface area contributed by atoms with E-state index in [1.165, 1.54) is 75.0 Å². The minimum atomic E-state index is 0.0920. The van der Waals surface area contributed by atoms with E-state index in [0.717, 1.165) is 107 Å². The molecule has 0 bridgehead atoms. The van der Waals surface area contributed by atoms with E-state index in [0.29, 0.717) is 29.4 Å². The summed E-state index contributed by atoms with van der Waals surface area (Å²) in [6.07, 6.45) is 45.1. The van der Waals surface area contributed by atoms with Gasteiger partial charge in [-0.05, 0) is 205 Å². The third-order valence-corrected chi connectivity index (χ3v) is 12.7. The maximum Gasteiger partial charge on any atom is 0.207 e. The number of allylic oxidation sites excluding steroid dienone is 20. The number of benzene rings is 1. The largest absolute Gasteiger partial charge is 0.490 e. The Labute approximate surface area is 424 Å². The first kappa shape index (κ1) is 62.8. The zero-order valence-electron chi connectivity index (χ0n) is 47.1. The first-order valence-corrected chi connectivity index (χ1v) is 26.1. The Balaban J connectivity index is 2.44. The van der Waals surface area contributed by atoms with Gasteiger partial charge in [0.15, 0.2) is 25.1 Å². The average Bonchev–Trinajstić information content (AvgIpc) is 3.29. The van der Waals surface area contributed by atoms with Gasteiger partial charge in [-0.15, -0.1) is 0 Å². The minimum absolute atomic E-state index is 0.0920. The van der Waals surface area contributed by atoms with Crippen molar-refractivity contribution >= 4 is 0 Å². The van der Waals surface area contributed by atoms with Crippen molar-refractivity contribution in [3.8, 4) is 23.0 Å². The van der Waals surface area contributed by atoms with Gasteiger partial charge in [0, 0.05) is 25.3 Å². The minimum Gasteiger partial charge on any atom is -0.490 e.